The average molecular weight is 370 g/mol. The summed E-state index contributed by atoms with van der Waals surface area (Å²) in [6, 6.07) is 10.2. The highest BCUT2D eigenvalue weighted by Gasteiger charge is 2.20. The van der Waals surface area contributed by atoms with Crippen LogP contribution in [0.15, 0.2) is 47.1 Å². The number of rotatable bonds is 6. The van der Waals surface area contributed by atoms with Crippen LogP contribution in [0.4, 0.5) is 4.39 Å². The lowest BCUT2D eigenvalue weighted by molar-refractivity contribution is 0.0933. The molecular formula is C20H23FN4O2. The fourth-order valence-electron chi connectivity index (χ4n) is 2.95. The number of aryl methyl sites for hydroxylation is 2. The van der Waals surface area contributed by atoms with E-state index in [1.165, 1.54) is 6.07 Å². The van der Waals surface area contributed by atoms with Gasteiger partial charge in [0.1, 0.15) is 11.6 Å². The first kappa shape index (κ1) is 18.8. The molecule has 2 aromatic heterocycles. The monoisotopic (exact) mass is 370 g/mol. The molecule has 0 bridgehead atoms. The number of nitrogens with one attached hydrogen (secondary N) is 1. The summed E-state index contributed by atoms with van der Waals surface area (Å²) in [5.74, 6) is 0.254. The minimum Gasteiger partial charge on any atom is -0.468 e. The summed E-state index contributed by atoms with van der Waals surface area (Å²) in [6.45, 7) is 2.10. The Labute approximate surface area is 157 Å². The van der Waals surface area contributed by atoms with E-state index in [2.05, 4.69) is 10.4 Å². The SMILES string of the molecule is Cc1cc(-c2cc(C(=O)NCC(c3ccco3)N(C)C)nn2C)ccc1F. The number of carbonyl (C=O) groups excluding carboxylic acids is 1. The zero-order chi connectivity index (χ0) is 19.6. The van der Waals surface area contributed by atoms with Crippen LogP contribution in [0.1, 0.15) is 27.9 Å². The first-order chi connectivity index (χ1) is 12.9. The van der Waals surface area contributed by atoms with Crippen LogP contribution in [0.3, 0.4) is 0 Å². The van der Waals surface area contributed by atoms with Gasteiger partial charge in [-0.2, -0.15) is 5.10 Å². The second-order valence-corrected chi connectivity index (χ2v) is 6.71. The highest BCUT2D eigenvalue weighted by molar-refractivity contribution is 5.93. The highest BCUT2D eigenvalue weighted by atomic mass is 19.1. The van der Waals surface area contributed by atoms with E-state index in [4.69, 9.17) is 4.42 Å². The van der Waals surface area contributed by atoms with E-state index in [1.54, 1.807) is 43.1 Å². The number of aromatic nitrogens is 2. The number of carbonyl (C=O) groups is 1. The molecule has 1 aromatic carbocycles. The number of nitrogens with zero attached hydrogens (tertiary/aromatic N) is 3. The summed E-state index contributed by atoms with van der Waals surface area (Å²) < 4.78 is 20.6. The van der Waals surface area contributed by atoms with E-state index in [9.17, 15) is 9.18 Å². The fourth-order valence-corrected chi connectivity index (χ4v) is 2.95. The van der Waals surface area contributed by atoms with Crippen molar-refractivity contribution in [3.63, 3.8) is 0 Å². The van der Waals surface area contributed by atoms with Gasteiger partial charge >= 0.3 is 0 Å². The molecule has 1 atom stereocenters. The number of likely N-dealkylation sites (N-methyl/N-ethyl adjacent to an activating group) is 1. The van der Waals surface area contributed by atoms with Gasteiger partial charge in [0.15, 0.2) is 5.69 Å². The quantitative estimate of drug-likeness (QED) is 0.724. The minimum absolute atomic E-state index is 0.0770. The molecule has 0 aliphatic carbocycles. The third-order valence-electron chi connectivity index (χ3n) is 4.52. The predicted octanol–water partition coefficient (Wildman–Crippen LogP) is 3.16. The number of hydrogen-bond donors (Lipinski definition) is 1. The third-order valence-corrected chi connectivity index (χ3v) is 4.52. The normalized spacial score (nSPS) is 12.4. The van der Waals surface area contributed by atoms with Gasteiger partial charge in [0.05, 0.1) is 18.0 Å². The number of halogens is 1. The van der Waals surface area contributed by atoms with Gasteiger partial charge in [-0.3, -0.25) is 14.4 Å². The largest absolute Gasteiger partial charge is 0.468 e. The van der Waals surface area contributed by atoms with E-state index in [-0.39, 0.29) is 17.8 Å². The maximum atomic E-state index is 13.5. The van der Waals surface area contributed by atoms with Gasteiger partial charge in [-0.1, -0.05) is 0 Å². The number of hydrogen-bond acceptors (Lipinski definition) is 4. The van der Waals surface area contributed by atoms with Gasteiger partial charge in [0.25, 0.3) is 5.91 Å². The molecule has 3 rings (SSSR count). The molecule has 0 saturated heterocycles. The van der Waals surface area contributed by atoms with E-state index in [0.29, 0.717) is 17.8 Å². The Bertz CT molecular complexity index is 932. The molecule has 0 spiro atoms. The minimum atomic E-state index is -0.269. The molecule has 0 aliphatic rings. The van der Waals surface area contributed by atoms with Crippen molar-refractivity contribution in [2.45, 2.75) is 13.0 Å². The van der Waals surface area contributed by atoms with Crippen molar-refractivity contribution in [1.82, 2.24) is 20.0 Å². The Morgan fingerprint density at radius 3 is 2.74 bits per heavy atom. The second-order valence-electron chi connectivity index (χ2n) is 6.71. The molecule has 1 amide bonds. The lowest BCUT2D eigenvalue weighted by Gasteiger charge is -2.22. The molecule has 3 aromatic rings. The molecule has 6 nitrogen and oxygen atoms in total. The Morgan fingerprint density at radius 2 is 2.11 bits per heavy atom. The average Bonchev–Trinajstić information content (AvgIpc) is 3.27. The van der Waals surface area contributed by atoms with Crippen molar-refractivity contribution in [2.75, 3.05) is 20.6 Å². The van der Waals surface area contributed by atoms with E-state index < -0.39 is 0 Å². The Hall–Kier alpha value is -2.93. The van der Waals surface area contributed by atoms with Crippen molar-refractivity contribution in [2.24, 2.45) is 7.05 Å². The molecule has 27 heavy (non-hydrogen) atoms. The van der Waals surface area contributed by atoms with Crippen LogP contribution in [-0.4, -0.2) is 41.2 Å². The number of furan rings is 1. The van der Waals surface area contributed by atoms with Gasteiger partial charge in [-0.25, -0.2) is 4.39 Å². The smallest absolute Gasteiger partial charge is 0.271 e. The lowest BCUT2D eigenvalue weighted by atomic mass is 10.1. The van der Waals surface area contributed by atoms with Crippen LogP contribution >= 0.6 is 0 Å². The molecule has 0 aliphatic heterocycles. The maximum absolute atomic E-state index is 13.5. The Morgan fingerprint density at radius 1 is 1.33 bits per heavy atom. The number of benzene rings is 1. The summed E-state index contributed by atoms with van der Waals surface area (Å²) >= 11 is 0. The first-order valence-corrected chi connectivity index (χ1v) is 8.65. The first-order valence-electron chi connectivity index (χ1n) is 8.65. The molecule has 142 valence electrons. The van der Waals surface area contributed by atoms with Crippen molar-refractivity contribution in [1.29, 1.82) is 0 Å². The Balaban J connectivity index is 1.75. The summed E-state index contributed by atoms with van der Waals surface area (Å²) in [4.78, 5) is 14.5. The van der Waals surface area contributed by atoms with Crippen molar-refractivity contribution >= 4 is 5.91 Å². The molecular weight excluding hydrogens is 347 g/mol. The molecule has 0 saturated carbocycles. The standard InChI is InChI=1S/C20H23FN4O2/c1-13-10-14(7-8-15(13)21)17-11-16(23-25(17)4)20(26)22-12-18(24(2)3)19-6-5-9-27-19/h5-11,18H,12H2,1-4H3,(H,22,26). The summed E-state index contributed by atoms with van der Waals surface area (Å²) in [5.41, 5.74) is 2.42. The van der Waals surface area contributed by atoms with Crippen LogP contribution in [-0.2, 0) is 7.05 Å². The third kappa shape index (κ3) is 4.09. The molecule has 1 N–H and O–H groups in total. The second kappa shape index (κ2) is 7.75. The van der Waals surface area contributed by atoms with Crippen LogP contribution in [0, 0.1) is 12.7 Å². The summed E-state index contributed by atoms with van der Waals surface area (Å²) in [5, 5.41) is 7.20. The van der Waals surface area contributed by atoms with Gasteiger partial charge in [0, 0.05) is 19.2 Å². The number of amides is 1. The van der Waals surface area contributed by atoms with E-state index in [0.717, 1.165) is 17.0 Å². The molecule has 0 fully saturated rings. The van der Waals surface area contributed by atoms with Crippen molar-refractivity contribution in [3.05, 3.63) is 65.5 Å². The van der Waals surface area contributed by atoms with E-state index in [1.807, 2.05) is 31.1 Å². The zero-order valence-corrected chi connectivity index (χ0v) is 15.9. The Kier molecular flexibility index (Phi) is 5.41. The molecule has 0 radical (unpaired) electrons. The van der Waals surface area contributed by atoms with Gasteiger partial charge in [0.2, 0.25) is 0 Å². The van der Waals surface area contributed by atoms with Crippen LogP contribution in [0.5, 0.6) is 0 Å². The van der Waals surface area contributed by atoms with Crippen molar-refractivity contribution in [3.8, 4) is 11.3 Å². The zero-order valence-electron chi connectivity index (χ0n) is 15.9. The highest BCUT2D eigenvalue weighted by Crippen LogP contribution is 2.23. The van der Waals surface area contributed by atoms with Crippen LogP contribution in [0.2, 0.25) is 0 Å². The topological polar surface area (TPSA) is 63.3 Å². The van der Waals surface area contributed by atoms with Crippen molar-refractivity contribution < 1.29 is 13.6 Å². The van der Waals surface area contributed by atoms with Gasteiger partial charge < -0.3 is 9.73 Å². The van der Waals surface area contributed by atoms with Gasteiger partial charge in [-0.15, -0.1) is 0 Å². The fraction of sp³-hybridized carbons (Fsp3) is 0.300. The predicted molar refractivity (Wildman–Crippen MR) is 101 cm³/mol. The summed E-state index contributed by atoms with van der Waals surface area (Å²) in [6.07, 6.45) is 1.61. The molecule has 1 unspecified atom stereocenters. The lowest BCUT2D eigenvalue weighted by Crippen LogP contribution is -2.34. The van der Waals surface area contributed by atoms with E-state index >= 15 is 0 Å². The van der Waals surface area contributed by atoms with Crippen LogP contribution < -0.4 is 5.32 Å². The maximum Gasteiger partial charge on any atom is 0.271 e. The van der Waals surface area contributed by atoms with Crippen LogP contribution in [0.25, 0.3) is 11.3 Å². The molecule has 2 heterocycles. The molecule has 7 heteroatoms. The van der Waals surface area contributed by atoms with Gasteiger partial charge in [-0.05, 0) is 63.0 Å². The summed E-state index contributed by atoms with van der Waals surface area (Å²) in [7, 11) is 5.61.